The van der Waals surface area contributed by atoms with Crippen molar-refractivity contribution in [3.63, 3.8) is 0 Å². The lowest BCUT2D eigenvalue weighted by Crippen LogP contribution is -2.38. The summed E-state index contributed by atoms with van der Waals surface area (Å²) in [5.74, 6) is -3.60. The zero-order chi connectivity index (χ0) is 46.4. The van der Waals surface area contributed by atoms with Gasteiger partial charge in [-0.3, -0.25) is 24.0 Å². The number of Topliss-reactive ketones (excluding diaryl/α,β-unsaturated/α-hetero) is 1. The van der Waals surface area contributed by atoms with Gasteiger partial charge in [0.15, 0.2) is 23.1 Å². The molecule has 0 saturated carbocycles. The second-order valence-electron chi connectivity index (χ2n) is 15.3. The standard InChI is InChI=1S/C44H64N4O14/c1-27(14-10-11-18-39-46-32(24-60-39)43-47-33(25-61-43)44(55)59-9)38(62-40(53)22-31(50)15-12-16-34(51)30(4)41(58-8)42(45)54)23-37(57-7)28(2)19-20-35(52)29(3)36(56-6)17-13-21-48(5)26-49/h10-13,16,21,24-31,36-38,41,50H,14-15,17-20,22-23H2,1-9H3,(H2,45,54)/b11-10+,16-12+,21-13+. The Bertz CT molecular complexity index is 1820. The van der Waals surface area contributed by atoms with Crippen LogP contribution in [0.15, 0.2) is 57.9 Å². The molecule has 3 N–H and O–H groups in total. The molecule has 0 aliphatic heterocycles. The lowest BCUT2D eigenvalue weighted by molar-refractivity contribution is -0.156. The number of ether oxygens (including phenoxy) is 5. The summed E-state index contributed by atoms with van der Waals surface area (Å²) in [6.07, 6.45) is 11.2. The molecule has 2 rings (SSSR count). The minimum absolute atomic E-state index is 0.00203. The largest absolute Gasteiger partial charge is 0.464 e. The third kappa shape index (κ3) is 17.6. The normalized spacial score (nSPS) is 16.3. The Hall–Kier alpha value is -5.30. The molecule has 62 heavy (non-hydrogen) atoms. The number of hydrogen-bond donors (Lipinski definition) is 2. The van der Waals surface area contributed by atoms with E-state index in [4.69, 9.17) is 33.5 Å². The maximum atomic E-state index is 13.3. The van der Waals surface area contributed by atoms with Crippen molar-refractivity contribution in [1.82, 2.24) is 14.9 Å². The van der Waals surface area contributed by atoms with Crippen LogP contribution in [0.4, 0.5) is 0 Å². The van der Waals surface area contributed by atoms with Crippen molar-refractivity contribution in [2.75, 3.05) is 35.5 Å². The first kappa shape index (κ1) is 52.8. The zero-order valence-corrected chi connectivity index (χ0v) is 37.2. The molecule has 0 aliphatic carbocycles. The van der Waals surface area contributed by atoms with Gasteiger partial charge in [0.1, 0.15) is 30.5 Å². The zero-order valence-electron chi connectivity index (χ0n) is 37.2. The second kappa shape index (κ2) is 27.6. The van der Waals surface area contributed by atoms with Crippen LogP contribution in [0.5, 0.6) is 0 Å². The second-order valence-corrected chi connectivity index (χ2v) is 15.3. The maximum absolute atomic E-state index is 13.3. The van der Waals surface area contributed by atoms with E-state index in [1.165, 1.54) is 50.7 Å². The highest BCUT2D eigenvalue weighted by Gasteiger charge is 2.31. The molecule has 2 aromatic rings. The number of aliphatic hydroxyl groups excluding tert-OH is 1. The van der Waals surface area contributed by atoms with Crippen LogP contribution in [-0.4, -0.2) is 122 Å². The third-order valence-corrected chi connectivity index (χ3v) is 10.6. The lowest BCUT2D eigenvalue weighted by atomic mass is 9.86. The SMILES string of the molecule is COC(=O)c1coc(-c2coc(C/C=C/CC(C)C(CC(OC)C(C)CCC(=O)C(C)C(C/C=C/N(C)C=O)OC)OC(=O)CC(O)C/C=C/C(=O)C(C)C(OC)C(N)=O)n2)n1. The fraction of sp³-hybridized carbons (Fsp3) is 0.591. The lowest BCUT2D eigenvalue weighted by Gasteiger charge is -2.30. The van der Waals surface area contributed by atoms with Gasteiger partial charge in [0.25, 0.3) is 0 Å². The van der Waals surface area contributed by atoms with Crippen molar-refractivity contribution in [3.05, 3.63) is 60.7 Å². The highest BCUT2D eigenvalue weighted by atomic mass is 16.5. The molecule has 9 unspecified atom stereocenters. The third-order valence-electron chi connectivity index (χ3n) is 10.6. The molecule has 0 bridgehead atoms. The number of rotatable bonds is 31. The highest BCUT2D eigenvalue weighted by molar-refractivity contribution is 5.96. The van der Waals surface area contributed by atoms with Crippen molar-refractivity contribution < 1.29 is 66.4 Å². The number of allylic oxidation sites excluding steroid dienone is 3. The average molecular weight is 873 g/mol. The number of nitrogens with zero attached hydrogens (tertiary/aromatic N) is 3. The minimum Gasteiger partial charge on any atom is -0.464 e. The first-order valence-corrected chi connectivity index (χ1v) is 20.5. The molecule has 18 nitrogen and oxygen atoms in total. The van der Waals surface area contributed by atoms with Crippen LogP contribution in [0.25, 0.3) is 11.6 Å². The number of methoxy groups -OCH3 is 4. The molecule has 0 saturated heterocycles. The molecule has 0 radical (unpaired) electrons. The van der Waals surface area contributed by atoms with Gasteiger partial charge in [0, 0.05) is 59.8 Å². The van der Waals surface area contributed by atoms with Gasteiger partial charge in [-0.15, -0.1) is 0 Å². The Morgan fingerprint density at radius 2 is 1.55 bits per heavy atom. The molecule has 0 spiro atoms. The number of amides is 2. The molecule has 0 aliphatic rings. The van der Waals surface area contributed by atoms with E-state index < -0.39 is 59.9 Å². The van der Waals surface area contributed by atoms with Crippen LogP contribution in [0.2, 0.25) is 0 Å². The van der Waals surface area contributed by atoms with Gasteiger partial charge in [0.2, 0.25) is 18.2 Å². The van der Waals surface area contributed by atoms with Gasteiger partial charge in [-0.05, 0) is 43.6 Å². The van der Waals surface area contributed by atoms with Crippen LogP contribution < -0.4 is 5.73 Å². The van der Waals surface area contributed by atoms with Gasteiger partial charge in [-0.25, -0.2) is 14.8 Å². The van der Waals surface area contributed by atoms with Crippen molar-refractivity contribution >= 4 is 35.8 Å². The number of carbonyl (C=O) groups is 6. The van der Waals surface area contributed by atoms with Crippen molar-refractivity contribution in [3.8, 4) is 11.6 Å². The maximum Gasteiger partial charge on any atom is 0.360 e. The van der Waals surface area contributed by atoms with E-state index in [0.717, 1.165) is 0 Å². The predicted octanol–water partition coefficient (Wildman–Crippen LogP) is 4.59. The number of primary amides is 1. The van der Waals surface area contributed by atoms with E-state index in [-0.39, 0.29) is 54.6 Å². The Morgan fingerprint density at radius 3 is 2.18 bits per heavy atom. The molecular weight excluding hydrogens is 808 g/mol. The summed E-state index contributed by atoms with van der Waals surface area (Å²) in [6.45, 7) is 7.22. The summed E-state index contributed by atoms with van der Waals surface area (Å²) in [7, 11) is 7.24. The van der Waals surface area contributed by atoms with E-state index in [9.17, 15) is 33.9 Å². The Kier molecular flexibility index (Phi) is 23.5. The Morgan fingerprint density at radius 1 is 0.839 bits per heavy atom. The molecule has 0 aromatic carbocycles. The number of hydrogen-bond acceptors (Lipinski definition) is 16. The monoisotopic (exact) mass is 872 g/mol. The first-order chi connectivity index (χ1) is 29.5. The molecule has 2 heterocycles. The smallest absolute Gasteiger partial charge is 0.360 e. The van der Waals surface area contributed by atoms with E-state index in [0.29, 0.717) is 50.1 Å². The molecule has 18 heteroatoms. The topological polar surface area (TPSA) is 250 Å². The average Bonchev–Trinajstić information content (AvgIpc) is 3.94. The molecular formula is C44H64N4O14. The fourth-order valence-corrected chi connectivity index (χ4v) is 6.52. The van der Waals surface area contributed by atoms with Gasteiger partial charge in [-0.1, -0.05) is 52.0 Å². The number of nitrogens with two attached hydrogens (primary N) is 1. The fourth-order valence-electron chi connectivity index (χ4n) is 6.52. The molecule has 0 fully saturated rings. The number of aliphatic hydroxyl groups is 1. The summed E-state index contributed by atoms with van der Waals surface area (Å²) in [4.78, 5) is 83.1. The van der Waals surface area contributed by atoms with Gasteiger partial charge < -0.3 is 48.3 Å². The Balaban J connectivity index is 2.14. The van der Waals surface area contributed by atoms with E-state index in [1.54, 1.807) is 33.5 Å². The van der Waals surface area contributed by atoms with Crippen LogP contribution in [0.3, 0.4) is 0 Å². The Labute approximate surface area is 363 Å². The first-order valence-electron chi connectivity index (χ1n) is 20.5. The predicted molar refractivity (Wildman–Crippen MR) is 225 cm³/mol. The molecule has 2 amide bonds. The van der Waals surface area contributed by atoms with Gasteiger partial charge in [0.05, 0.1) is 37.8 Å². The van der Waals surface area contributed by atoms with E-state index in [2.05, 4.69) is 14.7 Å². The highest BCUT2D eigenvalue weighted by Crippen LogP contribution is 2.27. The van der Waals surface area contributed by atoms with Crippen LogP contribution in [0.1, 0.15) is 89.0 Å². The van der Waals surface area contributed by atoms with Crippen LogP contribution in [0, 0.1) is 23.7 Å². The summed E-state index contributed by atoms with van der Waals surface area (Å²) in [5.41, 5.74) is 5.60. The van der Waals surface area contributed by atoms with Crippen molar-refractivity contribution in [2.45, 2.75) is 110 Å². The quantitative estimate of drug-likeness (QED) is 0.0455. The molecule has 9 atom stereocenters. The van der Waals surface area contributed by atoms with E-state index >= 15 is 0 Å². The van der Waals surface area contributed by atoms with Crippen molar-refractivity contribution in [1.29, 1.82) is 0 Å². The van der Waals surface area contributed by atoms with Gasteiger partial charge >= 0.3 is 11.9 Å². The summed E-state index contributed by atoms with van der Waals surface area (Å²) >= 11 is 0. The summed E-state index contributed by atoms with van der Waals surface area (Å²) in [6, 6.07) is 0. The summed E-state index contributed by atoms with van der Waals surface area (Å²) in [5, 5.41) is 10.7. The summed E-state index contributed by atoms with van der Waals surface area (Å²) < 4.78 is 38.0. The number of esters is 2. The number of oxazole rings is 2. The van der Waals surface area contributed by atoms with Crippen LogP contribution in [-0.2, 0) is 54.1 Å². The molecule has 2 aromatic heterocycles. The van der Waals surface area contributed by atoms with Crippen LogP contribution >= 0.6 is 0 Å². The number of carbonyl (C=O) groups excluding carboxylic acids is 6. The number of aromatic nitrogens is 2. The molecule has 344 valence electrons. The number of ketones is 2. The van der Waals surface area contributed by atoms with Gasteiger partial charge in [-0.2, -0.15) is 0 Å². The van der Waals surface area contributed by atoms with Crippen molar-refractivity contribution in [2.24, 2.45) is 29.4 Å². The minimum atomic E-state index is -1.16. The van der Waals surface area contributed by atoms with E-state index in [1.807, 2.05) is 32.9 Å².